The van der Waals surface area contributed by atoms with E-state index in [0.29, 0.717) is 29.4 Å². The third-order valence-electron chi connectivity index (χ3n) is 7.08. The molecule has 2 unspecified atom stereocenters. The second-order valence-corrected chi connectivity index (χ2v) is 9.50. The van der Waals surface area contributed by atoms with E-state index in [4.69, 9.17) is 19.6 Å². The maximum absolute atomic E-state index is 13.1. The molecular weight excluding hydrogens is 402 g/mol. The van der Waals surface area contributed by atoms with E-state index in [0.717, 1.165) is 32.1 Å². The summed E-state index contributed by atoms with van der Waals surface area (Å²) in [5, 5.41) is 11.2. The first-order valence-electron chi connectivity index (χ1n) is 10.8. The molecular formula is C22H27N3O6. The fourth-order valence-corrected chi connectivity index (χ4v) is 6.43. The van der Waals surface area contributed by atoms with Crippen molar-refractivity contribution < 1.29 is 28.6 Å². The SMILES string of the molecule is CCOC(=O)c1c(C)oc2nc(COC(=O)C34CC5CC(CC(O)(C5)C3)C4)nc(N)c12. The van der Waals surface area contributed by atoms with Gasteiger partial charge in [-0.25, -0.2) is 9.78 Å². The molecule has 2 aromatic heterocycles. The lowest BCUT2D eigenvalue weighted by atomic mass is 9.48. The molecule has 0 saturated heterocycles. The predicted octanol–water partition coefficient (Wildman–Crippen LogP) is 2.66. The number of rotatable bonds is 5. The van der Waals surface area contributed by atoms with E-state index in [1.54, 1.807) is 13.8 Å². The number of ether oxygens (including phenoxy) is 2. The number of aromatic nitrogens is 2. The molecule has 2 heterocycles. The van der Waals surface area contributed by atoms with Crippen LogP contribution in [0.5, 0.6) is 0 Å². The summed E-state index contributed by atoms with van der Waals surface area (Å²) in [6.07, 6.45) is 4.67. The average molecular weight is 429 g/mol. The quantitative estimate of drug-likeness (QED) is 0.687. The maximum Gasteiger partial charge on any atom is 0.342 e. The summed E-state index contributed by atoms with van der Waals surface area (Å²) in [7, 11) is 0. The fraction of sp³-hybridized carbons (Fsp3) is 0.636. The number of furan rings is 1. The Labute approximate surface area is 179 Å². The number of aryl methyl sites for hydroxylation is 1. The summed E-state index contributed by atoms with van der Waals surface area (Å²) >= 11 is 0. The van der Waals surface area contributed by atoms with Crippen molar-refractivity contribution in [2.75, 3.05) is 12.3 Å². The highest BCUT2D eigenvalue weighted by atomic mass is 16.5. The van der Waals surface area contributed by atoms with Gasteiger partial charge in [0.25, 0.3) is 0 Å². The molecule has 0 radical (unpaired) electrons. The van der Waals surface area contributed by atoms with Gasteiger partial charge in [0, 0.05) is 0 Å². The minimum atomic E-state index is -0.738. The van der Waals surface area contributed by atoms with Gasteiger partial charge in [-0.2, -0.15) is 4.98 Å². The lowest BCUT2D eigenvalue weighted by Gasteiger charge is -2.58. The number of carbonyl (C=O) groups excluding carboxylic acids is 2. The van der Waals surface area contributed by atoms with Crippen molar-refractivity contribution in [2.45, 2.75) is 64.6 Å². The maximum atomic E-state index is 13.1. The first-order chi connectivity index (χ1) is 14.7. The number of hydrogen-bond acceptors (Lipinski definition) is 9. The van der Waals surface area contributed by atoms with Crippen LogP contribution >= 0.6 is 0 Å². The Morgan fingerprint density at radius 3 is 2.55 bits per heavy atom. The van der Waals surface area contributed by atoms with Crippen molar-refractivity contribution >= 4 is 28.9 Å². The number of carbonyl (C=O) groups is 2. The molecule has 0 amide bonds. The van der Waals surface area contributed by atoms with Crippen LogP contribution < -0.4 is 5.73 Å². The van der Waals surface area contributed by atoms with Crippen LogP contribution in [0.15, 0.2) is 4.42 Å². The van der Waals surface area contributed by atoms with Crippen molar-refractivity contribution in [3.8, 4) is 0 Å². The van der Waals surface area contributed by atoms with Gasteiger partial charge in [-0.1, -0.05) is 0 Å². The monoisotopic (exact) mass is 429 g/mol. The molecule has 3 N–H and O–H groups in total. The molecule has 6 rings (SSSR count). The first-order valence-corrected chi connectivity index (χ1v) is 10.8. The Bertz CT molecular complexity index is 1060. The lowest BCUT2D eigenvalue weighted by molar-refractivity contribution is -0.197. The normalized spacial score (nSPS) is 31.2. The third kappa shape index (κ3) is 3.26. The zero-order valence-electron chi connectivity index (χ0n) is 17.8. The van der Waals surface area contributed by atoms with Gasteiger partial charge in [-0.3, -0.25) is 4.79 Å². The van der Waals surface area contributed by atoms with Crippen molar-refractivity contribution in [1.29, 1.82) is 0 Å². The Morgan fingerprint density at radius 1 is 1.19 bits per heavy atom. The van der Waals surface area contributed by atoms with Crippen LogP contribution in [0.1, 0.15) is 67.4 Å². The first kappa shape index (κ1) is 20.2. The van der Waals surface area contributed by atoms with Crippen LogP contribution in [0, 0.1) is 24.2 Å². The molecule has 0 aliphatic heterocycles. The summed E-state index contributed by atoms with van der Waals surface area (Å²) in [5.74, 6) is 0.526. The molecule has 4 aliphatic carbocycles. The van der Waals surface area contributed by atoms with Crippen LogP contribution in [0.2, 0.25) is 0 Å². The Morgan fingerprint density at radius 2 is 1.90 bits per heavy atom. The number of fused-ring (bicyclic) bond motifs is 1. The predicted molar refractivity (Wildman–Crippen MR) is 109 cm³/mol. The van der Waals surface area contributed by atoms with E-state index >= 15 is 0 Å². The van der Waals surface area contributed by atoms with E-state index in [1.807, 2.05) is 0 Å². The molecule has 166 valence electrons. The molecule has 0 spiro atoms. The standard InChI is InChI=1S/C22H27N3O6/c1-3-29-19(26)15-11(2)31-18-16(15)17(23)24-14(25-18)9-30-20(27)21-5-12-4-13(6-21)8-22(28,7-12)10-21/h12-13,28H,3-10H2,1-2H3,(H2,23,24,25). The molecule has 4 aliphatic rings. The second kappa shape index (κ2) is 6.91. The van der Waals surface area contributed by atoms with E-state index < -0.39 is 17.0 Å². The molecule has 2 atom stereocenters. The molecule has 9 nitrogen and oxygen atoms in total. The Balaban J connectivity index is 1.36. The average Bonchev–Trinajstić information content (AvgIpc) is 3.00. The van der Waals surface area contributed by atoms with Gasteiger partial charge in [0.1, 0.15) is 17.1 Å². The topological polar surface area (TPSA) is 138 Å². The summed E-state index contributed by atoms with van der Waals surface area (Å²) in [6.45, 7) is 3.41. The molecule has 4 saturated carbocycles. The number of aliphatic hydroxyl groups is 1. The fourth-order valence-electron chi connectivity index (χ4n) is 6.43. The van der Waals surface area contributed by atoms with Gasteiger partial charge in [0.15, 0.2) is 12.4 Å². The number of nitrogen functional groups attached to an aromatic ring is 1. The van der Waals surface area contributed by atoms with Gasteiger partial charge in [0.2, 0.25) is 5.71 Å². The van der Waals surface area contributed by atoms with Gasteiger partial charge in [-0.05, 0) is 64.2 Å². The minimum Gasteiger partial charge on any atom is -0.462 e. The lowest BCUT2D eigenvalue weighted by Crippen LogP contribution is -2.58. The second-order valence-electron chi connectivity index (χ2n) is 9.50. The van der Waals surface area contributed by atoms with Crippen molar-refractivity contribution in [3.05, 3.63) is 17.1 Å². The zero-order chi connectivity index (χ0) is 22.0. The van der Waals surface area contributed by atoms with Gasteiger partial charge in [-0.15, -0.1) is 0 Å². The van der Waals surface area contributed by atoms with E-state index in [1.165, 1.54) is 0 Å². The number of nitrogens with zero attached hydrogens (tertiary/aromatic N) is 2. The van der Waals surface area contributed by atoms with Gasteiger partial charge >= 0.3 is 11.9 Å². The molecule has 0 aromatic carbocycles. The number of hydrogen-bond donors (Lipinski definition) is 2. The summed E-state index contributed by atoms with van der Waals surface area (Å²) < 4.78 is 16.3. The number of nitrogens with two attached hydrogens (primary N) is 1. The molecule has 2 aromatic rings. The highest BCUT2D eigenvalue weighted by Crippen LogP contribution is 2.62. The summed E-state index contributed by atoms with van der Waals surface area (Å²) in [4.78, 5) is 33.8. The van der Waals surface area contributed by atoms with Crippen LogP contribution in [0.25, 0.3) is 11.1 Å². The van der Waals surface area contributed by atoms with Crippen molar-refractivity contribution in [1.82, 2.24) is 9.97 Å². The molecule has 31 heavy (non-hydrogen) atoms. The highest BCUT2D eigenvalue weighted by molar-refractivity contribution is 6.07. The van der Waals surface area contributed by atoms with E-state index in [-0.39, 0.29) is 42.1 Å². The Kier molecular flexibility index (Phi) is 4.51. The van der Waals surface area contributed by atoms with Crippen LogP contribution in [-0.2, 0) is 20.9 Å². The van der Waals surface area contributed by atoms with Crippen LogP contribution in [-0.4, -0.2) is 39.2 Å². The number of esters is 2. The smallest absolute Gasteiger partial charge is 0.342 e. The third-order valence-corrected chi connectivity index (χ3v) is 7.08. The van der Waals surface area contributed by atoms with E-state index in [9.17, 15) is 14.7 Å². The van der Waals surface area contributed by atoms with E-state index in [2.05, 4.69) is 9.97 Å². The molecule has 9 heteroatoms. The van der Waals surface area contributed by atoms with Gasteiger partial charge in [0.05, 0.1) is 23.0 Å². The van der Waals surface area contributed by atoms with Crippen molar-refractivity contribution in [2.24, 2.45) is 17.3 Å². The Hall–Kier alpha value is -2.68. The van der Waals surface area contributed by atoms with Crippen LogP contribution in [0.3, 0.4) is 0 Å². The minimum absolute atomic E-state index is 0.0695. The van der Waals surface area contributed by atoms with Crippen LogP contribution in [0.4, 0.5) is 5.82 Å². The zero-order valence-corrected chi connectivity index (χ0v) is 17.8. The van der Waals surface area contributed by atoms with Crippen molar-refractivity contribution in [3.63, 3.8) is 0 Å². The largest absolute Gasteiger partial charge is 0.462 e. The highest BCUT2D eigenvalue weighted by Gasteiger charge is 2.60. The number of anilines is 1. The summed E-state index contributed by atoms with van der Waals surface area (Å²) in [6, 6.07) is 0. The summed E-state index contributed by atoms with van der Waals surface area (Å²) in [5.41, 5.74) is 5.09. The van der Waals surface area contributed by atoms with Gasteiger partial charge < -0.3 is 24.7 Å². The molecule has 4 bridgehead atoms. The molecule has 4 fully saturated rings.